The second kappa shape index (κ2) is 7.41. The summed E-state index contributed by atoms with van der Waals surface area (Å²) in [5, 5.41) is 8.76. The van der Waals surface area contributed by atoms with Gasteiger partial charge >= 0.3 is 5.97 Å². The smallest absolute Gasteiger partial charge is 0.371 e. The van der Waals surface area contributed by atoms with Gasteiger partial charge in [0.25, 0.3) is 0 Å². The third kappa shape index (κ3) is 4.62. The van der Waals surface area contributed by atoms with Gasteiger partial charge in [0.15, 0.2) is 0 Å². The molecule has 114 valence electrons. The van der Waals surface area contributed by atoms with Crippen LogP contribution in [0, 0.1) is 6.92 Å². The molecule has 2 N–H and O–H groups in total. The van der Waals surface area contributed by atoms with Crippen LogP contribution in [0.4, 0.5) is 0 Å². The molecular formula is C12H19NO6S. The summed E-state index contributed by atoms with van der Waals surface area (Å²) in [6.07, 6.45) is 1.46. The summed E-state index contributed by atoms with van der Waals surface area (Å²) in [6, 6.07) is 1.01. The van der Waals surface area contributed by atoms with Crippen molar-refractivity contribution in [2.75, 3.05) is 19.8 Å². The number of carboxylic acids is 1. The third-order valence-electron chi connectivity index (χ3n) is 2.48. The Morgan fingerprint density at radius 3 is 2.70 bits per heavy atom. The number of carboxylic acid groups (broad SMARTS) is 1. The Labute approximate surface area is 118 Å². The van der Waals surface area contributed by atoms with Gasteiger partial charge in [-0.25, -0.2) is 17.9 Å². The first-order valence-electron chi connectivity index (χ1n) is 6.29. The highest BCUT2D eigenvalue weighted by atomic mass is 32.2. The van der Waals surface area contributed by atoms with Gasteiger partial charge in [-0.2, -0.15) is 0 Å². The zero-order valence-electron chi connectivity index (χ0n) is 11.5. The van der Waals surface area contributed by atoms with E-state index in [4.69, 9.17) is 14.3 Å². The number of hydrogen-bond acceptors (Lipinski definition) is 5. The predicted octanol–water partition coefficient (Wildman–Crippen LogP) is 1.38. The van der Waals surface area contributed by atoms with E-state index in [1.807, 2.05) is 6.92 Å². The van der Waals surface area contributed by atoms with E-state index >= 15 is 0 Å². The Hall–Kier alpha value is -1.38. The van der Waals surface area contributed by atoms with E-state index in [0.717, 1.165) is 12.5 Å². The number of carbonyl (C=O) groups is 1. The number of nitrogens with one attached hydrogen (secondary N) is 1. The molecule has 0 aliphatic heterocycles. The van der Waals surface area contributed by atoms with Gasteiger partial charge in [0.2, 0.25) is 15.8 Å². The molecule has 20 heavy (non-hydrogen) atoms. The Kier molecular flexibility index (Phi) is 6.18. The lowest BCUT2D eigenvalue weighted by Gasteiger charge is -2.05. The number of aryl methyl sites for hydroxylation is 1. The fraction of sp³-hybridized carbons (Fsp3) is 0.583. The van der Waals surface area contributed by atoms with Crippen LogP contribution in [-0.2, 0) is 14.8 Å². The molecule has 0 spiro atoms. The molecule has 0 unspecified atom stereocenters. The molecule has 0 fully saturated rings. The van der Waals surface area contributed by atoms with Gasteiger partial charge in [-0.3, -0.25) is 0 Å². The first-order valence-corrected chi connectivity index (χ1v) is 7.78. The molecule has 0 saturated carbocycles. The number of furan rings is 1. The Bertz CT molecular complexity index is 548. The van der Waals surface area contributed by atoms with Gasteiger partial charge in [0.05, 0.1) is 0 Å². The van der Waals surface area contributed by atoms with Crippen molar-refractivity contribution in [3.63, 3.8) is 0 Å². The Morgan fingerprint density at radius 2 is 2.15 bits per heavy atom. The molecule has 0 aliphatic rings. The number of ether oxygens (including phenoxy) is 1. The predicted molar refractivity (Wildman–Crippen MR) is 71.3 cm³/mol. The van der Waals surface area contributed by atoms with Crippen LogP contribution in [0.25, 0.3) is 0 Å². The van der Waals surface area contributed by atoms with Crippen LogP contribution in [0.15, 0.2) is 15.4 Å². The molecule has 1 aromatic rings. The summed E-state index contributed by atoms with van der Waals surface area (Å²) in [4.78, 5) is 10.6. The molecule has 8 heteroatoms. The number of hydrogen-bond donors (Lipinski definition) is 2. The molecule has 1 aromatic heterocycles. The van der Waals surface area contributed by atoms with Gasteiger partial charge in [-0.05, 0) is 19.8 Å². The lowest BCUT2D eigenvalue weighted by molar-refractivity contribution is 0.0661. The van der Waals surface area contributed by atoms with Crippen molar-refractivity contribution in [1.29, 1.82) is 0 Å². The largest absolute Gasteiger partial charge is 0.475 e. The second-order valence-corrected chi connectivity index (χ2v) is 5.94. The summed E-state index contributed by atoms with van der Waals surface area (Å²) in [6.45, 7) is 4.74. The van der Waals surface area contributed by atoms with Crippen LogP contribution in [-0.4, -0.2) is 39.3 Å². The molecule has 0 saturated heterocycles. The van der Waals surface area contributed by atoms with Crippen LogP contribution >= 0.6 is 0 Å². The summed E-state index contributed by atoms with van der Waals surface area (Å²) in [5.41, 5.74) is 0. The maximum absolute atomic E-state index is 12.0. The van der Waals surface area contributed by atoms with Crippen molar-refractivity contribution in [3.8, 4) is 0 Å². The first kappa shape index (κ1) is 16.7. The lowest BCUT2D eigenvalue weighted by Crippen LogP contribution is -2.25. The molecular weight excluding hydrogens is 286 g/mol. The monoisotopic (exact) mass is 305 g/mol. The van der Waals surface area contributed by atoms with Crippen molar-refractivity contribution in [2.24, 2.45) is 0 Å². The average molecular weight is 305 g/mol. The van der Waals surface area contributed by atoms with Crippen LogP contribution < -0.4 is 4.72 Å². The molecule has 0 amide bonds. The third-order valence-corrected chi connectivity index (χ3v) is 4.05. The lowest BCUT2D eigenvalue weighted by atomic mass is 10.4. The zero-order valence-corrected chi connectivity index (χ0v) is 12.3. The van der Waals surface area contributed by atoms with Crippen LogP contribution in [0.2, 0.25) is 0 Å². The van der Waals surface area contributed by atoms with Gasteiger partial charge in [0, 0.05) is 25.8 Å². The number of rotatable bonds is 9. The zero-order chi connectivity index (χ0) is 15.2. The quantitative estimate of drug-likeness (QED) is 0.668. The summed E-state index contributed by atoms with van der Waals surface area (Å²) in [7, 11) is -3.76. The fourth-order valence-electron chi connectivity index (χ4n) is 1.54. The fourth-order valence-corrected chi connectivity index (χ4v) is 2.79. The number of aromatic carboxylic acids is 1. The summed E-state index contributed by atoms with van der Waals surface area (Å²) >= 11 is 0. The SMILES string of the molecule is CCCOCCCNS(=O)(=O)c1cc(C(=O)O)oc1C. The maximum atomic E-state index is 12.0. The van der Waals surface area contributed by atoms with Crippen molar-refractivity contribution in [3.05, 3.63) is 17.6 Å². The normalized spacial score (nSPS) is 11.7. The van der Waals surface area contributed by atoms with Gasteiger partial charge in [-0.15, -0.1) is 0 Å². The minimum atomic E-state index is -3.76. The van der Waals surface area contributed by atoms with Crippen LogP contribution in [0.5, 0.6) is 0 Å². The molecule has 0 radical (unpaired) electrons. The topological polar surface area (TPSA) is 106 Å². The Morgan fingerprint density at radius 1 is 1.45 bits per heavy atom. The van der Waals surface area contributed by atoms with Crippen LogP contribution in [0.3, 0.4) is 0 Å². The second-order valence-electron chi connectivity index (χ2n) is 4.20. The molecule has 0 bridgehead atoms. The van der Waals surface area contributed by atoms with Gasteiger partial charge in [0.1, 0.15) is 10.7 Å². The summed E-state index contributed by atoms with van der Waals surface area (Å²) in [5.74, 6) is -1.64. The standard InChI is InChI=1S/C12H19NO6S/c1-3-6-18-7-4-5-13-20(16,17)11-8-10(12(14)15)19-9(11)2/h8,13H,3-7H2,1-2H3,(H,14,15). The molecule has 0 atom stereocenters. The van der Waals surface area contributed by atoms with E-state index in [1.54, 1.807) is 0 Å². The van der Waals surface area contributed by atoms with E-state index in [-0.39, 0.29) is 17.2 Å². The van der Waals surface area contributed by atoms with Crippen molar-refractivity contribution >= 4 is 16.0 Å². The number of sulfonamides is 1. The van der Waals surface area contributed by atoms with E-state index in [9.17, 15) is 13.2 Å². The van der Waals surface area contributed by atoms with Gasteiger partial charge in [-0.1, -0.05) is 6.92 Å². The summed E-state index contributed by atoms with van der Waals surface area (Å²) < 4.78 is 36.4. The van der Waals surface area contributed by atoms with Crippen molar-refractivity contribution in [1.82, 2.24) is 4.72 Å². The minimum Gasteiger partial charge on any atom is -0.475 e. The van der Waals surface area contributed by atoms with E-state index in [1.165, 1.54) is 6.92 Å². The Balaban J connectivity index is 2.58. The molecule has 1 rings (SSSR count). The minimum absolute atomic E-state index is 0.0529. The molecule has 0 aliphatic carbocycles. The maximum Gasteiger partial charge on any atom is 0.371 e. The van der Waals surface area contributed by atoms with E-state index in [2.05, 4.69) is 4.72 Å². The van der Waals surface area contributed by atoms with Crippen LogP contribution in [0.1, 0.15) is 36.1 Å². The van der Waals surface area contributed by atoms with Gasteiger partial charge < -0.3 is 14.3 Å². The van der Waals surface area contributed by atoms with Crippen molar-refractivity contribution < 1.29 is 27.5 Å². The highest BCUT2D eigenvalue weighted by Crippen LogP contribution is 2.19. The van der Waals surface area contributed by atoms with Crippen molar-refractivity contribution in [2.45, 2.75) is 31.6 Å². The highest BCUT2D eigenvalue weighted by Gasteiger charge is 2.23. The highest BCUT2D eigenvalue weighted by molar-refractivity contribution is 7.89. The molecule has 1 heterocycles. The average Bonchev–Trinajstić information content (AvgIpc) is 2.77. The van der Waals surface area contributed by atoms with E-state index < -0.39 is 21.8 Å². The molecule has 0 aromatic carbocycles. The first-order chi connectivity index (χ1) is 9.38. The molecule has 7 nitrogen and oxygen atoms in total. The van der Waals surface area contributed by atoms with E-state index in [0.29, 0.717) is 19.6 Å².